The molecule has 0 atom stereocenters. The molecule has 0 aliphatic carbocycles. The molecule has 2 aromatic rings. The zero-order valence-electron chi connectivity index (χ0n) is 10.8. The van der Waals surface area contributed by atoms with Gasteiger partial charge in [-0.25, -0.2) is 0 Å². The van der Waals surface area contributed by atoms with E-state index in [2.05, 4.69) is 10.4 Å². The van der Waals surface area contributed by atoms with Gasteiger partial charge in [-0.05, 0) is 18.2 Å². The number of nitroso groups, excluding NO2 is 1. The number of aromatic nitrogens is 1. The standard InChI is InChI=1S/C12H13N3O3S/c1-15-10(7-19-12(15)13-14-16)9-6-8(17-2)4-5-11(9)18-3/h4-7H,1-3H3/b13-12+. The maximum Gasteiger partial charge on any atom is 0.214 e. The Bertz CT molecular complexity index is 660. The Morgan fingerprint density at radius 3 is 2.68 bits per heavy atom. The molecule has 0 N–H and O–H groups in total. The van der Waals surface area contributed by atoms with Crippen molar-refractivity contribution in [3.8, 4) is 22.8 Å². The van der Waals surface area contributed by atoms with Crippen molar-refractivity contribution in [3.63, 3.8) is 0 Å². The van der Waals surface area contributed by atoms with E-state index < -0.39 is 0 Å². The minimum atomic E-state index is 0.523. The van der Waals surface area contributed by atoms with Crippen LogP contribution in [0.4, 0.5) is 0 Å². The highest BCUT2D eigenvalue weighted by atomic mass is 32.1. The van der Waals surface area contributed by atoms with Crippen LogP contribution in [0, 0.1) is 4.91 Å². The zero-order chi connectivity index (χ0) is 13.8. The van der Waals surface area contributed by atoms with Crippen LogP contribution in [0.5, 0.6) is 11.5 Å². The highest BCUT2D eigenvalue weighted by Crippen LogP contribution is 2.33. The van der Waals surface area contributed by atoms with Crippen LogP contribution in [0.15, 0.2) is 34.0 Å². The molecule has 0 aliphatic heterocycles. The molecular formula is C12H13N3O3S. The third kappa shape index (κ3) is 2.50. The van der Waals surface area contributed by atoms with E-state index in [0.717, 1.165) is 22.8 Å². The summed E-state index contributed by atoms with van der Waals surface area (Å²) in [6.45, 7) is 0. The highest BCUT2D eigenvalue weighted by Gasteiger charge is 2.12. The molecule has 0 radical (unpaired) electrons. The van der Waals surface area contributed by atoms with Gasteiger partial charge in [-0.1, -0.05) is 5.10 Å². The lowest BCUT2D eigenvalue weighted by atomic mass is 10.1. The average molecular weight is 279 g/mol. The third-order valence-electron chi connectivity index (χ3n) is 2.73. The van der Waals surface area contributed by atoms with Crippen LogP contribution < -0.4 is 14.3 Å². The van der Waals surface area contributed by atoms with Gasteiger partial charge in [0.25, 0.3) is 0 Å². The predicted molar refractivity (Wildman–Crippen MR) is 73.2 cm³/mol. The second-order valence-electron chi connectivity index (χ2n) is 3.71. The lowest BCUT2D eigenvalue weighted by molar-refractivity contribution is 0.404. The fraction of sp³-hybridized carbons (Fsp3) is 0.250. The quantitative estimate of drug-likeness (QED) is 0.637. The number of ether oxygens (including phenoxy) is 2. The Morgan fingerprint density at radius 1 is 1.26 bits per heavy atom. The van der Waals surface area contributed by atoms with Crippen LogP contribution >= 0.6 is 11.3 Å². The third-order valence-corrected chi connectivity index (χ3v) is 3.64. The summed E-state index contributed by atoms with van der Waals surface area (Å²) in [6.07, 6.45) is 0. The van der Waals surface area contributed by atoms with Crippen LogP contribution in [-0.2, 0) is 7.05 Å². The summed E-state index contributed by atoms with van der Waals surface area (Å²) >= 11 is 1.33. The summed E-state index contributed by atoms with van der Waals surface area (Å²) in [5.74, 6) is 1.45. The fourth-order valence-electron chi connectivity index (χ4n) is 1.75. The van der Waals surface area contributed by atoms with Crippen LogP contribution in [0.3, 0.4) is 0 Å². The molecule has 1 aromatic heterocycles. The van der Waals surface area contributed by atoms with E-state index >= 15 is 0 Å². The second kappa shape index (κ2) is 5.66. The Labute approximate surface area is 113 Å². The van der Waals surface area contributed by atoms with Gasteiger partial charge >= 0.3 is 0 Å². The monoisotopic (exact) mass is 279 g/mol. The molecular weight excluding hydrogens is 266 g/mol. The van der Waals surface area contributed by atoms with Crippen LogP contribution in [0.25, 0.3) is 11.3 Å². The first kappa shape index (κ1) is 13.3. The summed E-state index contributed by atoms with van der Waals surface area (Å²) in [5.41, 5.74) is 1.75. The van der Waals surface area contributed by atoms with Crippen molar-refractivity contribution >= 4 is 11.3 Å². The average Bonchev–Trinajstić information content (AvgIpc) is 2.80. The molecule has 1 heterocycles. The number of benzene rings is 1. The zero-order valence-corrected chi connectivity index (χ0v) is 11.6. The molecule has 0 saturated carbocycles. The summed E-state index contributed by atoms with van der Waals surface area (Å²) < 4.78 is 12.3. The molecule has 6 nitrogen and oxygen atoms in total. The Kier molecular flexibility index (Phi) is 3.96. The van der Waals surface area contributed by atoms with Gasteiger partial charge in [0.1, 0.15) is 11.5 Å². The van der Waals surface area contributed by atoms with Gasteiger partial charge < -0.3 is 14.0 Å². The molecule has 0 fully saturated rings. The topological polar surface area (TPSA) is 65.2 Å². The minimum Gasteiger partial charge on any atom is -0.497 e. The van der Waals surface area contributed by atoms with Crippen molar-refractivity contribution in [2.75, 3.05) is 14.2 Å². The van der Waals surface area contributed by atoms with E-state index in [1.54, 1.807) is 18.8 Å². The molecule has 0 bridgehead atoms. The first-order chi connectivity index (χ1) is 9.21. The molecule has 100 valence electrons. The van der Waals surface area contributed by atoms with Crippen LogP contribution in [-0.4, -0.2) is 18.8 Å². The summed E-state index contributed by atoms with van der Waals surface area (Å²) in [5, 5.41) is 7.98. The molecule has 1 aromatic carbocycles. The smallest absolute Gasteiger partial charge is 0.214 e. The van der Waals surface area contributed by atoms with Crippen LogP contribution in [0.1, 0.15) is 0 Å². The molecule has 0 aliphatic rings. The fourth-order valence-corrected chi connectivity index (χ4v) is 2.59. The first-order valence-corrected chi connectivity index (χ1v) is 6.32. The molecule has 0 saturated heterocycles. The Balaban J connectivity index is 2.63. The van der Waals surface area contributed by atoms with Gasteiger partial charge in [0.2, 0.25) is 4.80 Å². The Morgan fingerprint density at radius 2 is 2.05 bits per heavy atom. The lowest BCUT2D eigenvalue weighted by Crippen LogP contribution is -2.10. The van der Waals surface area contributed by atoms with Gasteiger partial charge in [-0.2, -0.15) is 0 Å². The summed E-state index contributed by atoms with van der Waals surface area (Å²) in [4.78, 5) is 10.8. The highest BCUT2D eigenvalue weighted by molar-refractivity contribution is 7.07. The van der Waals surface area contributed by atoms with E-state index in [4.69, 9.17) is 9.47 Å². The predicted octanol–water partition coefficient (Wildman–Crippen LogP) is 2.35. The summed E-state index contributed by atoms with van der Waals surface area (Å²) in [6, 6.07) is 5.53. The van der Waals surface area contributed by atoms with Crippen molar-refractivity contribution in [1.82, 2.24) is 4.57 Å². The number of thiazole rings is 1. The van der Waals surface area contributed by atoms with Gasteiger partial charge in [0.15, 0.2) is 0 Å². The van der Waals surface area contributed by atoms with Crippen molar-refractivity contribution in [3.05, 3.63) is 33.3 Å². The molecule has 0 spiro atoms. The number of hydrogen-bond donors (Lipinski definition) is 0. The molecule has 19 heavy (non-hydrogen) atoms. The van der Waals surface area contributed by atoms with E-state index in [9.17, 15) is 4.91 Å². The molecule has 7 heteroatoms. The normalized spacial score (nSPS) is 11.4. The number of hydrogen-bond acceptors (Lipinski definition) is 5. The van der Waals surface area contributed by atoms with Crippen molar-refractivity contribution in [1.29, 1.82) is 0 Å². The number of methoxy groups -OCH3 is 2. The van der Waals surface area contributed by atoms with Gasteiger partial charge in [-0.3, -0.25) is 0 Å². The number of rotatable bonds is 4. The number of nitrogens with zero attached hydrogens (tertiary/aromatic N) is 3. The lowest BCUT2D eigenvalue weighted by Gasteiger charge is -2.10. The maximum absolute atomic E-state index is 10.2. The minimum absolute atomic E-state index is 0.523. The second-order valence-corrected chi connectivity index (χ2v) is 4.55. The first-order valence-electron chi connectivity index (χ1n) is 5.44. The molecule has 0 unspecified atom stereocenters. The van der Waals surface area contributed by atoms with Gasteiger partial charge in [0.05, 0.1) is 25.2 Å². The van der Waals surface area contributed by atoms with Gasteiger partial charge in [0, 0.05) is 18.0 Å². The van der Waals surface area contributed by atoms with E-state index in [0.29, 0.717) is 4.80 Å². The SMILES string of the molecule is COc1ccc(OC)c(-c2cs/c(=N/N=O)n2C)c1. The Hall–Kier alpha value is -2.15. The van der Waals surface area contributed by atoms with Gasteiger partial charge in [-0.15, -0.1) is 16.2 Å². The van der Waals surface area contributed by atoms with Crippen molar-refractivity contribution in [2.45, 2.75) is 0 Å². The molecule has 2 rings (SSSR count). The van der Waals surface area contributed by atoms with Crippen LogP contribution in [0.2, 0.25) is 0 Å². The van der Waals surface area contributed by atoms with Crippen molar-refractivity contribution in [2.24, 2.45) is 17.4 Å². The largest absolute Gasteiger partial charge is 0.497 e. The van der Waals surface area contributed by atoms with Crippen molar-refractivity contribution < 1.29 is 9.47 Å². The molecule has 0 amide bonds. The van der Waals surface area contributed by atoms with E-state index in [1.165, 1.54) is 11.3 Å². The van der Waals surface area contributed by atoms with E-state index in [1.807, 2.05) is 30.6 Å². The van der Waals surface area contributed by atoms with E-state index in [-0.39, 0.29) is 0 Å². The maximum atomic E-state index is 10.2. The summed E-state index contributed by atoms with van der Waals surface area (Å²) in [7, 11) is 5.03.